The summed E-state index contributed by atoms with van der Waals surface area (Å²) >= 11 is 0. The van der Waals surface area contributed by atoms with Crippen molar-refractivity contribution in [1.82, 2.24) is 15.3 Å². The summed E-state index contributed by atoms with van der Waals surface area (Å²) in [6, 6.07) is 0. The van der Waals surface area contributed by atoms with Gasteiger partial charge in [-0.05, 0) is 0 Å². The van der Waals surface area contributed by atoms with Gasteiger partial charge in [0.15, 0.2) is 0 Å². The minimum Gasteiger partial charge on any atom is -0.471 e. The molecule has 0 spiro atoms. The molecule has 0 aliphatic carbocycles. The number of aromatic nitrogens is 2. The summed E-state index contributed by atoms with van der Waals surface area (Å²) in [5.74, 6) is -0.748. The lowest BCUT2D eigenvalue weighted by Gasteiger charge is -2.28. The van der Waals surface area contributed by atoms with Gasteiger partial charge in [0.1, 0.15) is 11.7 Å². The van der Waals surface area contributed by atoms with Crippen LogP contribution in [0.4, 0.5) is 19.1 Å². The zero-order valence-corrected chi connectivity index (χ0v) is 8.08. The number of nitrogen functional groups attached to an aromatic ring is 1. The van der Waals surface area contributed by atoms with Crippen molar-refractivity contribution >= 4 is 5.95 Å². The standard InChI is InChI=1S/C8H9F3N4O/c9-8(10,11)5-3-14-7(12)15-6(5)16-4-1-13-2-4/h3-4,13H,1-2H2,(H2,12,14,15). The first-order valence-corrected chi connectivity index (χ1v) is 4.54. The maximum absolute atomic E-state index is 12.5. The Kier molecular flexibility index (Phi) is 2.58. The van der Waals surface area contributed by atoms with Gasteiger partial charge in [-0.3, -0.25) is 0 Å². The molecule has 1 aromatic heterocycles. The highest BCUT2D eigenvalue weighted by molar-refractivity contribution is 5.32. The number of ether oxygens (including phenoxy) is 1. The van der Waals surface area contributed by atoms with Crippen LogP contribution in [0.15, 0.2) is 6.20 Å². The van der Waals surface area contributed by atoms with Crippen molar-refractivity contribution in [2.24, 2.45) is 0 Å². The molecule has 88 valence electrons. The average molecular weight is 234 g/mol. The van der Waals surface area contributed by atoms with Gasteiger partial charge in [-0.2, -0.15) is 18.2 Å². The minimum atomic E-state index is -4.54. The third-order valence-corrected chi connectivity index (χ3v) is 2.10. The van der Waals surface area contributed by atoms with Crippen LogP contribution < -0.4 is 15.8 Å². The molecular formula is C8H9F3N4O. The van der Waals surface area contributed by atoms with Crippen molar-refractivity contribution in [2.75, 3.05) is 18.8 Å². The summed E-state index contributed by atoms with van der Waals surface area (Å²) in [6.07, 6.45) is -4.21. The Labute approximate surface area is 88.8 Å². The fourth-order valence-electron chi connectivity index (χ4n) is 1.17. The summed E-state index contributed by atoms with van der Waals surface area (Å²) in [5.41, 5.74) is 4.21. The van der Waals surface area contributed by atoms with Gasteiger partial charge in [-0.15, -0.1) is 0 Å². The van der Waals surface area contributed by atoms with E-state index in [1.54, 1.807) is 0 Å². The number of halogens is 3. The fraction of sp³-hybridized carbons (Fsp3) is 0.500. The van der Waals surface area contributed by atoms with Crippen LogP contribution in [-0.2, 0) is 6.18 Å². The lowest BCUT2D eigenvalue weighted by atomic mass is 10.2. The monoisotopic (exact) mass is 234 g/mol. The van der Waals surface area contributed by atoms with Crippen molar-refractivity contribution < 1.29 is 17.9 Å². The molecule has 0 amide bonds. The number of nitrogens with two attached hydrogens (primary N) is 1. The van der Waals surface area contributed by atoms with E-state index in [4.69, 9.17) is 10.5 Å². The Morgan fingerprint density at radius 2 is 2.12 bits per heavy atom. The van der Waals surface area contributed by atoms with Crippen molar-refractivity contribution in [1.29, 1.82) is 0 Å². The molecule has 2 rings (SSSR count). The van der Waals surface area contributed by atoms with Gasteiger partial charge in [0.2, 0.25) is 11.8 Å². The van der Waals surface area contributed by atoms with Gasteiger partial charge in [-0.1, -0.05) is 0 Å². The molecule has 1 fully saturated rings. The molecule has 8 heteroatoms. The van der Waals surface area contributed by atoms with E-state index in [1.807, 2.05) is 0 Å². The predicted molar refractivity (Wildman–Crippen MR) is 48.7 cm³/mol. The number of anilines is 1. The van der Waals surface area contributed by atoms with E-state index < -0.39 is 17.6 Å². The number of alkyl halides is 3. The fourth-order valence-corrected chi connectivity index (χ4v) is 1.17. The van der Waals surface area contributed by atoms with Crippen molar-refractivity contribution in [3.05, 3.63) is 11.8 Å². The topological polar surface area (TPSA) is 73.1 Å². The molecule has 0 saturated carbocycles. The Morgan fingerprint density at radius 1 is 1.44 bits per heavy atom. The smallest absolute Gasteiger partial charge is 0.423 e. The largest absolute Gasteiger partial charge is 0.471 e. The quantitative estimate of drug-likeness (QED) is 0.776. The highest BCUT2D eigenvalue weighted by Crippen LogP contribution is 2.35. The Morgan fingerprint density at radius 3 is 2.62 bits per heavy atom. The van der Waals surface area contributed by atoms with E-state index >= 15 is 0 Å². The van der Waals surface area contributed by atoms with Gasteiger partial charge in [0, 0.05) is 19.3 Å². The van der Waals surface area contributed by atoms with E-state index in [9.17, 15) is 13.2 Å². The van der Waals surface area contributed by atoms with Crippen molar-refractivity contribution in [2.45, 2.75) is 12.3 Å². The summed E-state index contributed by atoms with van der Waals surface area (Å²) < 4.78 is 42.7. The van der Waals surface area contributed by atoms with E-state index in [1.165, 1.54) is 0 Å². The minimum absolute atomic E-state index is 0.240. The second-order valence-electron chi connectivity index (χ2n) is 3.34. The molecule has 0 aromatic carbocycles. The molecule has 1 aromatic rings. The molecular weight excluding hydrogens is 225 g/mol. The third kappa shape index (κ3) is 2.16. The maximum atomic E-state index is 12.5. The van der Waals surface area contributed by atoms with Gasteiger partial charge >= 0.3 is 6.18 Å². The summed E-state index contributed by atoms with van der Waals surface area (Å²) in [4.78, 5) is 6.77. The van der Waals surface area contributed by atoms with Crippen LogP contribution in [0, 0.1) is 0 Å². The molecule has 0 atom stereocenters. The van der Waals surface area contributed by atoms with Crippen LogP contribution in [0.2, 0.25) is 0 Å². The predicted octanol–water partition coefficient (Wildman–Crippen LogP) is 0.428. The van der Waals surface area contributed by atoms with Crippen LogP contribution >= 0.6 is 0 Å². The third-order valence-electron chi connectivity index (χ3n) is 2.10. The summed E-state index contributed by atoms with van der Waals surface area (Å²) in [6.45, 7) is 1.00. The lowest BCUT2D eigenvalue weighted by molar-refractivity contribution is -0.140. The van der Waals surface area contributed by atoms with E-state index in [-0.39, 0.29) is 12.1 Å². The molecule has 1 saturated heterocycles. The van der Waals surface area contributed by atoms with Gasteiger partial charge < -0.3 is 15.8 Å². The molecule has 5 nitrogen and oxygen atoms in total. The van der Waals surface area contributed by atoms with E-state index in [2.05, 4.69) is 15.3 Å². The SMILES string of the molecule is Nc1ncc(C(F)(F)F)c(OC2CNC2)n1. The van der Waals surface area contributed by atoms with Crippen molar-refractivity contribution in [3.63, 3.8) is 0 Å². The molecule has 3 N–H and O–H groups in total. The highest BCUT2D eigenvalue weighted by Gasteiger charge is 2.37. The van der Waals surface area contributed by atoms with Crippen LogP contribution in [0.1, 0.15) is 5.56 Å². The number of hydrogen-bond acceptors (Lipinski definition) is 5. The van der Waals surface area contributed by atoms with Crippen LogP contribution in [0.25, 0.3) is 0 Å². The lowest BCUT2D eigenvalue weighted by Crippen LogP contribution is -2.50. The van der Waals surface area contributed by atoms with Gasteiger partial charge in [0.25, 0.3) is 0 Å². The molecule has 0 radical (unpaired) electrons. The molecule has 0 bridgehead atoms. The summed E-state index contributed by atoms with van der Waals surface area (Å²) in [7, 11) is 0. The average Bonchev–Trinajstić information content (AvgIpc) is 2.09. The summed E-state index contributed by atoms with van der Waals surface area (Å²) in [5, 5.41) is 2.87. The first-order valence-electron chi connectivity index (χ1n) is 4.54. The molecule has 2 heterocycles. The number of nitrogens with zero attached hydrogens (tertiary/aromatic N) is 2. The Balaban J connectivity index is 2.28. The van der Waals surface area contributed by atoms with Crippen LogP contribution in [0.5, 0.6) is 5.88 Å². The highest BCUT2D eigenvalue weighted by atomic mass is 19.4. The number of rotatable bonds is 2. The van der Waals surface area contributed by atoms with Crippen LogP contribution in [-0.4, -0.2) is 29.2 Å². The molecule has 16 heavy (non-hydrogen) atoms. The second kappa shape index (κ2) is 3.78. The molecule has 1 aliphatic rings. The molecule has 1 aliphatic heterocycles. The number of hydrogen-bond donors (Lipinski definition) is 2. The molecule has 0 unspecified atom stereocenters. The van der Waals surface area contributed by atoms with Crippen LogP contribution in [0.3, 0.4) is 0 Å². The zero-order chi connectivity index (χ0) is 11.8. The Hall–Kier alpha value is -1.57. The van der Waals surface area contributed by atoms with Gasteiger partial charge in [0.05, 0.1) is 0 Å². The van der Waals surface area contributed by atoms with E-state index in [0.717, 1.165) is 0 Å². The second-order valence-corrected chi connectivity index (χ2v) is 3.34. The normalized spacial score (nSPS) is 16.9. The maximum Gasteiger partial charge on any atom is 0.423 e. The first kappa shape index (κ1) is 10.9. The number of nitrogens with one attached hydrogen (secondary N) is 1. The Bertz CT molecular complexity index is 391. The van der Waals surface area contributed by atoms with Crippen molar-refractivity contribution in [3.8, 4) is 5.88 Å². The van der Waals surface area contributed by atoms with Gasteiger partial charge in [-0.25, -0.2) is 4.98 Å². The first-order chi connectivity index (χ1) is 7.47. The van der Waals surface area contributed by atoms with E-state index in [0.29, 0.717) is 19.3 Å². The zero-order valence-electron chi connectivity index (χ0n) is 8.08.